The molecule has 12 heteroatoms. The van der Waals surface area contributed by atoms with E-state index in [1.54, 1.807) is 0 Å². The summed E-state index contributed by atoms with van der Waals surface area (Å²) in [5, 5.41) is 20.1. The molecule has 0 fully saturated rings. The van der Waals surface area contributed by atoms with Crippen LogP contribution < -0.4 is 14.8 Å². The maximum absolute atomic E-state index is 11.6. The van der Waals surface area contributed by atoms with Gasteiger partial charge in [-0.3, -0.25) is 4.79 Å². The van der Waals surface area contributed by atoms with Crippen LogP contribution in [-0.2, 0) is 20.1 Å². The van der Waals surface area contributed by atoms with Crippen LogP contribution in [0.25, 0.3) is 0 Å². The third-order valence-corrected chi connectivity index (χ3v) is 3.68. The first-order valence-corrected chi connectivity index (χ1v) is 7.34. The van der Waals surface area contributed by atoms with Gasteiger partial charge in [0.1, 0.15) is 11.5 Å². The summed E-state index contributed by atoms with van der Waals surface area (Å²) in [5.74, 6) is -2.78. The molecule has 0 bridgehead atoms. The van der Waals surface area contributed by atoms with Gasteiger partial charge < -0.3 is 34.5 Å². The van der Waals surface area contributed by atoms with E-state index in [-0.39, 0.29) is 23.5 Å². The van der Waals surface area contributed by atoms with Gasteiger partial charge in [0.25, 0.3) is 6.47 Å². The number of aliphatic hydroxyl groups is 2. The summed E-state index contributed by atoms with van der Waals surface area (Å²) in [4.78, 5) is 21.5. The standard InChI is InChI=1S/C13H14B2BrNO8/c1-22-9-4-8(16)10(23-2)3-7(9)12(20,21)13(14,15)17-11(19)25-6-24-5-18/h3-5,20-21H,6H2,1-2H3,(H,17,19). The Morgan fingerprint density at radius 2 is 1.88 bits per heavy atom. The highest BCUT2D eigenvalue weighted by Gasteiger charge is 2.46. The zero-order valence-electron chi connectivity index (χ0n) is 13.3. The number of hydrogen-bond donors (Lipinski definition) is 3. The number of carbonyl (C=O) groups excluding carboxylic acids is 2. The number of hydrogen-bond acceptors (Lipinski definition) is 8. The molecule has 0 spiro atoms. The Bertz CT molecular complexity index is 641. The van der Waals surface area contributed by atoms with Crippen molar-refractivity contribution < 1.29 is 38.7 Å². The third kappa shape index (κ3) is 4.80. The summed E-state index contributed by atoms with van der Waals surface area (Å²) in [7, 11) is 13.9. The maximum Gasteiger partial charge on any atom is 0.409 e. The summed E-state index contributed by atoms with van der Waals surface area (Å²) in [6.07, 6.45) is -1.26. The van der Waals surface area contributed by atoms with Crippen LogP contribution in [0.1, 0.15) is 5.56 Å². The van der Waals surface area contributed by atoms with Crippen molar-refractivity contribution in [2.24, 2.45) is 0 Å². The van der Waals surface area contributed by atoms with Crippen LogP contribution in [0.3, 0.4) is 0 Å². The van der Waals surface area contributed by atoms with E-state index in [1.165, 1.54) is 26.4 Å². The average Bonchev–Trinajstić information content (AvgIpc) is 2.53. The van der Waals surface area contributed by atoms with Crippen LogP contribution in [0.15, 0.2) is 16.6 Å². The lowest BCUT2D eigenvalue weighted by atomic mass is 9.55. The SMILES string of the molecule is [B]C([B])(NC(=O)OCOC=O)C(O)(O)c1cc(OC)c(Br)cc1OC. The van der Waals surface area contributed by atoms with Crippen molar-refractivity contribution in [3.05, 3.63) is 22.2 Å². The number of halogens is 1. The van der Waals surface area contributed by atoms with Gasteiger partial charge in [-0.1, -0.05) is 0 Å². The third-order valence-electron chi connectivity index (χ3n) is 3.06. The number of amides is 1. The first-order chi connectivity index (χ1) is 11.6. The van der Waals surface area contributed by atoms with Gasteiger partial charge in [-0.25, -0.2) is 4.79 Å². The molecule has 0 aliphatic carbocycles. The molecular weight excluding hydrogens is 400 g/mol. The molecule has 1 aromatic carbocycles. The highest BCUT2D eigenvalue weighted by atomic mass is 79.9. The molecule has 0 atom stereocenters. The maximum atomic E-state index is 11.6. The number of ether oxygens (including phenoxy) is 4. The molecule has 1 aromatic rings. The second-order valence-corrected chi connectivity index (χ2v) is 5.52. The van der Waals surface area contributed by atoms with Crippen LogP contribution in [-0.4, -0.2) is 64.8 Å². The lowest BCUT2D eigenvalue weighted by Crippen LogP contribution is -2.64. The van der Waals surface area contributed by atoms with Crippen LogP contribution in [0.2, 0.25) is 0 Å². The normalized spacial score (nSPS) is 11.4. The van der Waals surface area contributed by atoms with Crippen molar-refractivity contribution in [1.82, 2.24) is 5.32 Å². The monoisotopic (exact) mass is 413 g/mol. The van der Waals surface area contributed by atoms with Gasteiger partial charge in [-0.05, 0) is 28.1 Å². The second-order valence-electron chi connectivity index (χ2n) is 4.67. The Labute approximate surface area is 154 Å². The molecule has 1 rings (SSSR count). The average molecular weight is 414 g/mol. The predicted octanol–water partition coefficient (Wildman–Crippen LogP) is -0.549. The minimum atomic E-state index is -3.00. The van der Waals surface area contributed by atoms with E-state index >= 15 is 0 Å². The molecule has 0 aliphatic rings. The van der Waals surface area contributed by atoms with Crippen LogP contribution >= 0.6 is 15.9 Å². The Balaban J connectivity index is 3.16. The van der Waals surface area contributed by atoms with Crippen molar-refractivity contribution >= 4 is 44.2 Å². The Hall–Kier alpha value is -1.91. The molecule has 9 nitrogen and oxygen atoms in total. The van der Waals surface area contributed by atoms with Gasteiger partial charge in [0.2, 0.25) is 6.79 Å². The van der Waals surface area contributed by atoms with Crippen LogP contribution in [0.5, 0.6) is 11.5 Å². The molecular formula is C13H14B2BrNO8. The Morgan fingerprint density at radius 1 is 1.28 bits per heavy atom. The first kappa shape index (κ1) is 21.1. The zero-order valence-corrected chi connectivity index (χ0v) is 14.9. The second kappa shape index (κ2) is 8.45. The molecule has 1 amide bonds. The summed E-state index contributed by atoms with van der Waals surface area (Å²) < 4.78 is 19.2. The lowest BCUT2D eigenvalue weighted by Gasteiger charge is -2.40. The number of carbonyl (C=O) groups is 2. The van der Waals surface area contributed by atoms with Crippen molar-refractivity contribution in [3.63, 3.8) is 0 Å². The zero-order chi connectivity index (χ0) is 19.3. The first-order valence-electron chi connectivity index (χ1n) is 6.55. The van der Waals surface area contributed by atoms with E-state index in [2.05, 4.69) is 25.4 Å². The van der Waals surface area contributed by atoms with Gasteiger partial charge in [-0.15, -0.1) is 0 Å². The summed E-state index contributed by atoms with van der Waals surface area (Å²) >= 11 is 3.21. The van der Waals surface area contributed by atoms with Gasteiger partial charge in [0.15, 0.2) is 5.79 Å². The van der Waals surface area contributed by atoms with Crippen LogP contribution in [0, 0.1) is 0 Å². The van der Waals surface area contributed by atoms with Gasteiger partial charge >= 0.3 is 6.09 Å². The molecule has 0 aromatic heterocycles. The van der Waals surface area contributed by atoms with Crippen molar-refractivity contribution in [2.75, 3.05) is 21.0 Å². The van der Waals surface area contributed by atoms with E-state index in [0.29, 0.717) is 4.47 Å². The summed E-state index contributed by atoms with van der Waals surface area (Å²) in [6, 6.07) is 2.60. The van der Waals surface area contributed by atoms with Gasteiger partial charge in [-0.2, -0.15) is 0 Å². The molecule has 3 N–H and O–H groups in total. The fraction of sp³-hybridized carbons (Fsp3) is 0.385. The molecule has 0 unspecified atom stereocenters. The molecule has 0 saturated carbocycles. The summed E-state index contributed by atoms with van der Waals surface area (Å²) in [5.41, 5.74) is -0.288. The number of benzene rings is 1. The van der Waals surface area contributed by atoms with E-state index in [4.69, 9.17) is 25.2 Å². The minimum absolute atomic E-state index is 0.00240. The van der Waals surface area contributed by atoms with E-state index in [0.717, 1.165) is 0 Å². The molecule has 0 saturated heterocycles. The van der Waals surface area contributed by atoms with E-state index in [9.17, 15) is 19.8 Å². The molecule has 4 radical (unpaired) electrons. The smallest absolute Gasteiger partial charge is 0.409 e. The van der Waals surface area contributed by atoms with Crippen molar-refractivity contribution in [2.45, 2.75) is 11.1 Å². The van der Waals surface area contributed by atoms with E-state index in [1.807, 2.05) is 5.32 Å². The lowest BCUT2D eigenvalue weighted by molar-refractivity contribution is -0.186. The largest absolute Gasteiger partial charge is 0.496 e. The van der Waals surface area contributed by atoms with Gasteiger partial charge in [0, 0.05) is 5.34 Å². The minimum Gasteiger partial charge on any atom is -0.496 e. The number of nitrogens with one attached hydrogen (secondary N) is 1. The fourth-order valence-electron chi connectivity index (χ4n) is 1.76. The predicted molar refractivity (Wildman–Crippen MR) is 89.2 cm³/mol. The summed E-state index contributed by atoms with van der Waals surface area (Å²) in [6.45, 7) is -0.669. The topological polar surface area (TPSA) is 124 Å². The molecule has 132 valence electrons. The molecule has 0 aliphatic heterocycles. The van der Waals surface area contributed by atoms with Crippen LogP contribution in [0.4, 0.5) is 4.79 Å². The highest BCUT2D eigenvalue weighted by Crippen LogP contribution is 2.40. The number of rotatable bonds is 8. The Morgan fingerprint density at radius 3 is 2.40 bits per heavy atom. The quantitative estimate of drug-likeness (QED) is 0.224. The highest BCUT2D eigenvalue weighted by molar-refractivity contribution is 9.10. The van der Waals surface area contributed by atoms with Gasteiger partial charge in [0.05, 0.1) is 39.9 Å². The molecule has 0 heterocycles. The fourth-order valence-corrected chi connectivity index (χ4v) is 2.25. The Kier molecular flexibility index (Phi) is 7.15. The van der Waals surface area contributed by atoms with Crippen molar-refractivity contribution in [3.8, 4) is 11.5 Å². The number of alkyl carbamates (subject to hydrolysis) is 1. The van der Waals surface area contributed by atoms with E-state index < -0.39 is 24.0 Å². The van der Waals surface area contributed by atoms with Crippen molar-refractivity contribution in [1.29, 1.82) is 0 Å². The molecule has 25 heavy (non-hydrogen) atoms. The number of methoxy groups -OCH3 is 2.